The first-order chi connectivity index (χ1) is 9.19. The molecule has 2 aromatic heterocycles. The Bertz CT molecular complexity index is 602. The Kier molecular flexibility index (Phi) is 3.65. The highest BCUT2D eigenvalue weighted by atomic mass is 19.3. The lowest BCUT2D eigenvalue weighted by Crippen LogP contribution is -2.12. The molecule has 0 aromatic carbocycles. The lowest BCUT2D eigenvalue weighted by atomic mass is 10.3. The first kappa shape index (κ1) is 12.9. The third-order valence-corrected chi connectivity index (χ3v) is 2.49. The molecule has 0 saturated heterocycles. The van der Waals surface area contributed by atoms with Crippen LogP contribution in [0.1, 0.15) is 27.9 Å². The monoisotopic (exact) mass is 266 g/mol. The van der Waals surface area contributed by atoms with Gasteiger partial charge in [0.15, 0.2) is 0 Å². The number of carbonyl (C=O) groups is 2. The third kappa shape index (κ3) is 2.35. The third-order valence-electron chi connectivity index (χ3n) is 2.49. The fourth-order valence-electron chi connectivity index (χ4n) is 1.73. The maximum absolute atomic E-state index is 12.0. The number of rotatable bonds is 4. The van der Waals surface area contributed by atoms with Gasteiger partial charge >= 0.3 is 11.9 Å². The number of halogens is 1. The van der Waals surface area contributed by atoms with Gasteiger partial charge in [0, 0.05) is 16.9 Å². The minimum atomic E-state index is -1.14. The van der Waals surface area contributed by atoms with E-state index >= 15 is 0 Å². The van der Waals surface area contributed by atoms with E-state index in [2.05, 4.69) is 9.93 Å². The molecule has 6 nitrogen and oxygen atoms in total. The summed E-state index contributed by atoms with van der Waals surface area (Å²) >= 11 is 0. The van der Waals surface area contributed by atoms with Crippen LogP contribution in [0.5, 0.6) is 0 Å². The van der Waals surface area contributed by atoms with Crippen LogP contribution >= 0.6 is 0 Å². The van der Waals surface area contributed by atoms with Crippen molar-refractivity contribution in [2.24, 2.45) is 0 Å². The Labute approximate surface area is 107 Å². The van der Waals surface area contributed by atoms with E-state index in [4.69, 9.17) is 4.74 Å². The summed E-state index contributed by atoms with van der Waals surface area (Å²) in [6, 6.07) is 4.49. The van der Waals surface area contributed by atoms with Gasteiger partial charge in [0.1, 0.15) is 11.4 Å². The normalized spacial score (nSPS) is 10.2. The van der Waals surface area contributed by atoms with Gasteiger partial charge in [0.25, 0.3) is 0 Å². The Balaban J connectivity index is 2.43. The topological polar surface area (TPSA) is 73.3 Å². The highest BCUT2D eigenvalue weighted by molar-refractivity contribution is 5.93. The zero-order chi connectivity index (χ0) is 13.8. The van der Waals surface area contributed by atoms with Crippen molar-refractivity contribution < 1.29 is 23.8 Å². The number of aromatic amines is 1. The van der Waals surface area contributed by atoms with E-state index in [-0.39, 0.29) is 18.0 Å². The van der Waals surface area contributed by atoms with Gasteiger partial charge in [-0.05, 0) is 25.1 Å². The van der Waals surface area contributed by atoms with Gasteiger partial charge in [-0.15, -0.1) is 0 Å². The molecule has 0 fully saturated rings. The van der Waals surface area contributed by atoms with Crippen LogP contribution in [-0.2, 0) is 9.68 Å². The minimum absolute atomic E-state index is 0.0346. The molecule has 0 saturated carbocycles. The van der Waals surface area contributed by atoms with Crippen molar-refractivity contribution in [2.45, 2.75) is 6.92 Å². The number of nitrogens with one attached hydrogen (secondary N) is 1. The van der Waals surface area contributed by atoms with Gasteiger partial charge in [0.2, 0.25) is 0 Å². The quantitative estimate of drug-likeness (QED) is 0.859. The maximum Gasteiger partial charge on any atom is 0.396 e. The molecule has 0 unspecified atom stereocenters. The van der Waals surface area contributed by atoms with Crippen LogP contribution in [0.2, 0.25) is 0 Å². The number of hydrogen-bond acceptors (Lipinski definition) is 4. The van der Waals surface area contributed by atoms with E-state index in [1.54, 1.807) is 13.0 Å². The van der Waals surface area contributed by atoms with Crippen LogP contribution in [0, 0.1) is 0 Å². The number of carbonyl (C=O) groups excluding carboxylic acids is 2. The molecular formula is C12H11FN2O4. The SMILES string of the molecule is CCOC(=O)c1[nH]ccc1-n1cccc1C(=O)OF. The summed E-state index contributed by atoms with van der Waals surface area (Å²) in [4.78, 5) is 28.9. The molecule has 19 heavy (non-hydrogen) atoms. The lowest BCUT2D eigenvalue weighted by molar-refractivity contribution is -0.0794. The van der Waals surface area contributed by atoms with Crippen molar-refractivity contribution in [1.82, 2.24) is 9.55 Å². The molecule has 100 valence electrons. The summed E-state index contributed by atoms with van der Waals surface area (Å²) in [5, 5.41) is 0. The fraction of sp³-hybridized carbons (Fsp3) is 0.167. The largest absolute Gasteiger partial charge is 0.461 e. The first-order valence-corrected chi connectivity index (χ1v) is 5.54. The molecule has 1 N–H and O–H groups in total. The van der Waals surface area contributed by atoms with Gasteiger partial charge in [-0.1, -0.05) is 0 Å². The van der Waals surface area contributed by atoms with Crippen molar-refractivity contribution in [2.75, 3.05) is 6.61 Å². The number of hydrogen-bond donors (Lipinski definition) is 1. The van der Waals surface area contributed by atoms with Crippen LogP contribution in [-0.4, -0.2) is 28.1 Å². The van der Waals surface area contributed by atoms with E-state index in [1.807, 2.05) is 0 Å². The average molecular weight is 266 g/mol. The fourth-order valence-corrected chi connectivity index (χ4v) is 1.73. The predicted octanol–water partition coefficient (Wildman–Crippen LogP) is 2.02. The molecule has 0 atom stereocenters. The second-order valence-electron chi connectivity index (χ2n) is 3.59. The van der Waals surface area contributed by atoms with Gasteiger partial charge in [-0.3, -0.25) is 0 Å². The summed E-state index contributed by atoms with van der Waals surface area (Å²) in [6.07, 6.45) is 3.03. The minimum Gasteiger partial charge on any atom is -0.461 e. The second-order valence-corrected chi connectivity index (χ2v) is 3.59. The number of H-pyrrole nitrogens is 1. The van der Waals surface area contributed by atoms with Crippen molar-refractivity contribution in [3.8, 4) is 5.69 Å². The Hall–Kier alpha value is -2.57. The number of esters is 1. The molecule has 0 aliphatic heterocycles. The van der Waals surface area contributed by atoms with E-state index in [0.29, 0.717) is 5.69 Å². The van der Waals surface area contributed by atoms with Crippen LogP contribution < -0.4 is 0 Å². The summed E-state index contributed by atoms with van der Waals surface area (Å²) in [5.74, 6) is -1.70. The van der Waals surface area contributed by atoms with Crippen LogP contribution in [0.25, 0.3) is 5.69 Å². The van der Waals surface area contributed by atoms with E-state index < -0.39 is 11.9 Å². The van der Waals surface area contributed by atoms with Crippen molar-refractivity contribution >= 4 is 11.9 Å². The zero-order valence-electron chi connectivity index (χ0n) is 10.1. The highest BCUT2D eigenvalue weighted by Crippen LogP contribution is 2.18. The maximum atomic E-state index is 12.0. The molecule has 0 amide bonds. The van der Waals surface area contributed by atoms with Gasteiger partial charge in [0.05, 0.1) is 12.3 Å². The highest BCUT2D eigenvalue weighted by Gasteiger charge is 2.20. The van der Waals surface area contributed by atoms with Crippen molar-refractivity contribution in [3.05, 3.63) is 42.0 Å². The van der Waals surface area contributed by atoms with E-state index in [1.165, 1.54) is 29.1 Å². The molecule has 0 radical (unpaired) electrons. The smallest absolute Gasteiger partial charge is 0.396 e. The Morgan fingerprint density at radius 1 is 1.37 bits per heavy atom. The molecular weight excluding hydrogens is 255 g/mol. The Morgan fingerprint density at radius 2 is 2.16 bits per heavy atom. The Morgan fingerprint density at radius 3 is 2.84 bits per heavy atom. The molecule has 2 rings (SSSR count). The zero-order valence-corrected chi connectivity index (χ0v) is 10.1. The molecule has 0 aliphatic carbocycles. The van der Waals surface area contributed by atoms with Gasteiger partial charge in [-0.2, -0.15) is 0 Å². The van der Waals surface area contributed by atoms with Crippen molar-refractivity contribution in [3.63, 3.8) is 0 Å². The molecule has 7 heteroatoms. The number of ether oxygens (including phenoxy) is 1. The van der Waals surface area contributed by atoms with Crippen LogP contribution in [0.15, 0.2) is 30.6 Å². The van der Waals surface area contributed by atoms with E-state index in [0.717, 1.165) is 0 Å². The molecule has 0 aliphatic rings. The first-order valence-electron chi connectivity index (χ1n) is 5.54. The van der Waals surface area contributed by atoms with Gasteiger partial charge in [-0.25, -0.2) is 14.5 Å². The van der Waals surface area contributed by atoms with E-state index in [9.17, 15) is 14.1 Å². The van der Waals surface area contributed by atoms with Crippen molar-refractivity contribution in [1.29, 1.82) is 0 Å². The number of aromatic nitrogens is 2. The van der Waals surface area contributed by atoms with Crippen LogP contribution in [0.3, 0.4) is 0 Å². The summed E-state index contributed by atoms with van der Waals surface area (Å²) in [5.41, 5.74) is 0.516. The molecule has 0 spiro atoms. The van der Waals surface area contributed by atoms with Crippen LogP contribution in [0.4, 0.5) is 4.53 Å². The molecule has 0 bridgehead atoms. The lowest BCUT2D eigenvalue weighted by Gasteiger charge is -2.07. The molecule has 2 heterocycles. The standard InChI is InChI=1S/C12H11FN2O4/c1-2-18-12(17)10-8(5-6-14-10)15-7-3-4-9(15)11(16)19-13/h3-7,14H,2H2,1H3. The molecule has 2 aromatic rings. The average Bonchev–Trinajstić information content (AvgIpc) is 3.05. The van der Waals surface area contributed by atoms with Gasteiger partial charge < -0.3 is 14.3 Å². The predicted molar refractivity (Wildman–Crippen MR) is 62.6 cm³/mol. The summed E-state index contributed by atoms with van der Waals surface area (Å²) < 4.78 is 18.2. The number of nitrogens with zero attached hydrogens (tertiary/aromatic N) is 1. The summed E-state index contributed by atoms with van der Waals surface area (Å²) in [6.45, 7) is 1.91. The second kappa shape index (κ2) is 5.38. The summed E-state index contributed by atoms with van der Waals surface area (Å²) in [7, 11) is 0.